The molecular formula is C54H63N9S3. The molecule has 12 heteroatoms. The first-order valence-electron chi connectivity index (χ1n) is 22.7. The summed E-state index contributed by atoms with van der Waals surface area (Å²) in [4.78, 5) is 6.42. The molecule has 0 saturated heterocycles. The Labute approximate surface area is 407 Å². The number of thiocarbonyl (C=S) groups is 3. The molecular weight excluding hydrogens is 871 g/mol. The lowest BCUT2D eigenvalue weighted by Crippen LogP contribution is -2.33. The van der Waals surface area contributed by atoms with Gasteiger partial charge >= 0.3 is 0 Å². The van der Waals surface area contributed by atoms with Crippen molar-refractivity contribution in [1.29, 1.82) is 0 Å². The van der Waals surface area contributed by atoms with Crippen molar-refractivity contribution < 1.29 is 0 Å². The molecule has 7 aromatic carbocycles. The summed E-state index contributed by atoms with van der Waals surface area (Å²) in [7, 11) is 12.4. The third kappa shape index (κ3) is 10.3. The van der Waals surface area contributed by atoms with Gasteiger partial charge in [-0.05, 0) is 126 Å². The predicted molar refractivity (Wildman–Crippen MR) is 299 cm³/mol. The zero-order valence-electron chi connectivity index (χ0n) is 39.7. The lowest BCUT2D eigenvalue weighted by atomic mass is 9.83. The molecule has 7 rings (SSSR count). The Kier molecular flexibility index (Phi) is 15.5. The van der Waals surface area contributed by atoms with Crippen LogP contribution in [0.2, 0.25) is 0 Å². The van der Waals surface area contributed by atoms with Crippen LogP contribution >= 0.6 is 36.7 Å². The topological polar surface area (TPSA) is 81.9 Å². The first kappa shape index (κ1) is 47.7. The second-order valence-electron chi connectivity index (χ2n) is 17.1. The summed E-state index contributed by atoms with van der Waals surface area (Å²) in [5.41, 5.74) is 14.0. The number of benzene rings is 7. The fraction of sp³-hybridized carbons (Fsp3) is 0.278. The average Bonchev–Trinajstić information content (AvgIpc) is 3.31. The molecule has 0 aliphatic carbocycles. The fourth-order valence-electron chi connectivity index (χ4n) is 9.37. The van der Waals surface area contributed by atoms with Crippen molar-refractivity contribution in [2.24, 2.45) is 0 Å². The predicted octanol–water partition coefficient (Wildman–Crippen LogP) is 11.5. The molecule has 6 N–H and O–H groups in total. The summed E-state index contributed by atoms with van der Waals surface area (Å²) < 4.78 is 0. The molecule has 0 amide bonds. The van der Waals surface area contributed by atoms with E-state index in [2.05, 4.69) is 219 Å². The summed E-state index contributed by atoms with van der Waals surface area (Å²) in [6.45, 7) is 8.39. The van der Waals surface area contributed by atoms with Crippen molar-refractivity contribution in [3.05, 3.63) is 143 Å². The Morgan fingerprint density at radius 1 is 0.348 bits per heavy atom. The third-order valence-electron chi connectivity index (χ3n) is 12.4. The van der Waals surface area contributed by atoms with Crippen LogP contribution in [0.3, 0.4) is 0 Å². The van der Waals surface area contributed by atoms with Gasteiger partial charge in [-0.15, -0.1) is 0 Å². The highest BCUT2D eigenvalue weighted by Crippen LogP contribution is 2.35. The van der Waals surface area contributed by atoms with E-state index in [-0.39, 0.29) is 0 Å². The first-order chi connectivity index (χ1) is 31.8. The van der Waals surface area contributed by atoms with Gasteiger partial charge in [-0.3, -0.25) is 0 Å². The van der Waals surface area contributed by atoms with E-state index in [1.54, 1.807) is 0 Å². The number of nitrogens with zero attached hydrogens (tertiary/aromatic N) is 3. The number of rotatable bonds is 15. The van der Waals surface area contributed by atoms with Crippen LogP contribution in [-0.2, 0) is 38.9 Å². The van der Waals surface area contributed by atoms with Crippen molar-refractivity contribution in [3.63, 3.8) is 0 Å². The van der Waals surface area contributed by atoms with Crippen molar-refractivity contribution in [2.75, 3.05) is 72.9 Å². The Bertz CT molecular complexity index is 2590. The molecule has 7 aromatic rings. The van der Waals surface area contributed by atoms with Gasteiger partial charge in [0.1, 0.15) is 0 Å². The van der Waals surface area contributed by atoms with Crippen molar-refractivity contribution in [2.45, 2.75) is 59.7 Å². The summed E-state index contributed by atoms with van der Waals surface area (Å²) >= 11 is 18.1. The normalized spacial score (nSPS) is 11.0. The van der Waals surface area contributed by atoms with E-state index >= 15 is 0 Å². The summed E-state index contributed by atoms with van der Waals surface area (Å²) in [6.07, 6.45) is 2.52. The Morgan fingerprint density at radius 2 is 0.591 bits per heavy atom. The molecule has 0 atom stereocenters. The Balaban J connectivity index is 1.20. The van der Waals surface area contributed by atoms with Gasteiger partial charge in [-0.2, -0.15) is 0 Å². The lowest BCUT2D eigenvalue weighted by Gasteiger charge is -2.28. The van der Waals surface area contributed by atoms with Crippen LogP contribution in [0, 0.1) is 0 Å². The van der Waals surface area contributed by atoms with Gasteiger partial charge < -0.3 is 46.6 Å². The molecule has 0 fully saturated rings. The highest BCUT2D eigenvalue weighted by Gasteiger charge is 2.23. The molecule has 0 aliphatic heterocycles. The number of anilines is 6. The molecule has 0 saturated carbocycles. The smallest absolute Gasteiger partial charge is 0.171 e. The molecule has 9 nitrogen and oxygen atoms in total. The van der Waals surface area contributed by atoms with E-state index in [0.717, 1.165) is 69.5 Å². The number of hydrogen-bond donors (Lipinski definition) is 6. The van der Waals surface area contributed by atoms with Crippen molar-refractivity contribution >= 4 is 118 Å². The van der Waals surface area contributed by atoms with Crippen LogP contribution < -0.4 is 46.6 Å². The Morgan fingerprint density at radius 3 is 0.818 bits per heavy atom. The molecule has 0 aliphatic rings. The second kappa shape index (κ2) is 21.4. The van der Waals surface area contributed by atoms with Crippen LogP contribution in [0.4, 0.5) is 34.1 Å². The van der Waals surface area contributed by atoms with Gasteiger partial charge in [-0.1, -0.05) is 93.6 Å². The summed E-state index contributed by atoms with van der Waals surface area (Å²) in [5.74, 6) is 0. The summed E-state index contributed by atoms with van der Waals surface area (Å²) in [5, 5.41) is 30.0. The standard InChI is InChI=1S/C54H63N9S3/c1-10-34-43(31-55-52(64)58-46-25-28-49(61(4)5)40-22-16-13-19-37(40)46)35(11-2)45(33-57-54(66)60-48-27-30-51(63(8)9)42-24-18-15-21-39(42)48)36(12-3)44(34)32-56-53(65)59-47-26-29-50(62(6)7)41-23-17-14-20-38(41)47/h13-30H,10-12,31-33H2,1-9H3,(H2,55,58,64)(H2,56,59,65)(H2,57,60,66). The number of fused-ring (bicyclic) bond motifs is 3. The monoisotopic (exact) mass is 933 g/mol. The van der Waals surface area contributed by atoms with E-state index < -0.39 is 0 Å². The maximum atomic E-state index is 6.05. The van der Waals surface area contributed by atoms with Crippen LogP contribution in [0.1, 0.15) is 54.2 Å². The van der Waals surface area contributed by atoms with Crippen LogP contribution in [0.15, 0.2) is 109 Å². The van der Waals surface area contributed by atoms with Gasteiger partial charge in [0.25, 0.3) is 0 Å². The first-order valence-corrected chi connectivity index (χ1v) is 24.0. The molecule has 0 aromatic heterocycles. The molecule has 0 radical (unpaired) electrons. The minimum Gasteiger partial charge on any atom is -0.377 e. The van der Waals surface area contributed by atoms with Gasteiger partial charge in [0.15, 0.2) is 15.3 Å². The quantitative estimate of drug-likeness (QED) is 0.0554. The minimum absolute atomic E-state index is 0.551. The van der Waals surface area contributed by atoms with E-state index in [9.17, 15) is 0 Å². The largest absolute Gasteiger partial charge is 0.377 e. The Hall–Kier alpha value is -6.21. The maximum Gasteiger partial charge on any atom is 0.171 e. The minimum atomic E-state index is 0.551. The molecule has 0 unspecified atom stereocenters. The fourth-order valence-corrected chi connectivity index (χ4v) is 9.91. The number of hydrogen-bond acceptors (Lipinski definition) is 6. The average molecular weight is 934 g/mol. The van der Waals surface area contributed by atoms with Crippen LogP contribution in [-0.4, -0.2) is 57.6 Å². The van der Waals surface area contributed by atoms with E-state index in [4.69, 9.17) is 36.7 Å². The lowest BCUT2D eigenvalue weighted by molar-refractivity contribution is 0.790. The van der Waals surface area contributed by atoms with Crippen molar-refractivity contribution in [1.82, 2.24) is 16.0 Å². The van der Waals surface area contributed by atoms with Gasteiger partial charge in [0.2, 0.25) is 0 Å². The molecule has 0 heterocycles. The summed E-state index contributed by atoms with van der Waals surface area (Å²) in [6, 6.07) is 38.1. The molecule has 0 spiro atoms. The third-order valence-corrected chi connectivity index (χ3v) is 13.2. The highest BCUT2D eigenvalue weighted by molar-refractivity contribution is 7.80. The van der Waals surface area contributed by atoms with Crippen LogP contribution in [0.5, 0.6) is 0 Å². The number of nitrogens with one attached hydrogen (secondary N) is 6. The molecule has 66 heavy (non-hydrogen) atoms. The van der Waals surface area contributed by atoms with Gasteiger partial charge in [0.05, 0.1) is 0 Å². The zero-order valence-corrected chi connectivity index (χ0v) is 42.2. The van der Waals surface area contributed by atoms with E-state index in [1.165, 1.54) is 49.5 Å². The van der Waals surface area contributed by atoms with Crippen LogP contribution in [0.25, 0.3) is 32.3 Å². The molecule has 342 valence electrons. The van der Waals surface area contributed by atoms with Gasteiger partial charge in [0, 0.05) is 128 Å². The molecule has 0 bridgehead atoms. The van der Waals surface area contributed by atoms with Gasteiger partial charge in [-0.25, -0.2) is 0 Å². The van der Waals surface area contributed by atoms with E-state index in [1.807, 2.05) is 0 Å². The van der Waals surface area contributed by atoms with Crippen molar-refractivity contribution in [3.8, 4) is 0 Å². The zero-order chi connectivity index (χ0) is 47.1. The van der Waals surface area contributed by atoms with E-state index in [0.29, 0.717) is 35.0 Å². The maximum absolute atomic E-state index is 6.05. The SMILES string of the molecule is CCc1c(CNC(=S)Nc2ccc(N(C)C)c3ccccc23)c(CC)c(CNC(=S)Nc2ccc(N(C)C)c3ccccc23)c(CC)c1CNC(=S)Nc1ccc(N(C)C)c2ccccc12. The highest BCUT2D eigenvalue weighted by atomic mass is 32.1. The second-order valence-corrected chi connectivity index (χ2v) is 18.3.